The number of rotatable bonds is 3. The molecule has 0 bridgehead atoms. The first-order valence-electron chi connectivity index (χ1n) is 3.07. The third-order valence-electron chi connectivity index (χ3n) is 0.858. The monoisotopic (exact) mass is 239 g/mol. The molecule has 0 aliphatic heterocycles. The standard InChI is InChI=1S/C7H14IN/c1-3-4-8-5-7(2)6-9/h3-5,7H,6,9H2,1-2H3/b4-3-/t7-/m0/s1. The van der Waals surface area contributed by atoms with E-state index in [1.54, 1.807) is 0 Å². The van der Waals surface area contributed by atoms with Crippen molar-refractivity contribution < 1.29 is 0 Å². The van der Waals surface area contributed by atoms with Crippen LogP contribution in [0, 0.1) is 5.92 Å². The Kier molecular flexibility index (Phi) is 6.63. The van der Waals surface area contributed by atoms with Gasteiger partial charge in [-0.25, -0.2) is 0 Å². The van der Waals surface area contributed by atoms with Crippen LogP contribution in [0.25, 0.3) is 0 Å². The van der Waals surface area contributed by atoms with Crippen molar-refractivity contribution >= 4 is 24.7 Å². The second-order valence-corrected chi connectivity index (χ2v) is 4.08. The summed E-state index contributed by atoms with van der Waals surface area (Å²) in [5.41, 5.74) is 5.42. The number of nitrogens with two attached hydrogens (primary N) is 1. The number of halogens is 1. The van der Waals surface area contributed by atoms with Crippen LogP contribution in [0.1, 0.15) is 13.8 Å². The predicted octanol–water partition coefficient (Wildman–Crippen LogP) is 1.89. The third-order valence-corrected chi connectivity index (χ3v) is 3.64. The first-order valence-corrected chi connectivity index (χ1v) is 5.57. The lowest BCUT2D eigenvalue weighted by Crippen LogP contribution is -2.10. The number of hydrogen-bond donors (Lipinski definition) is 1. The topological polar surface area (TPSA) is 26.0 Å². The Morgan fingerprint density at radius 2 is 2.33 bits per heavy atom. The molecule has 2 N–H and O–H groups in total. The molecule has 0 aliphatic carbocycles. The average Bonchev–Trinajstić information content (AvgIpc) is 1.89. The van der Waals surface area contributed by atoms with Crippen LogP contribution in [-0.2, 0) is 0 Å². The molecule has 0 rings (SSSR count). The van der Waals surface area contributed by atoms with Gasteiger partial charge >= 0.3 is 0 Å². The zero-order chi connectivity index (χ0) is 7.11. The van der Waals surface area contributed by atoms with E-state index in [0.29, 0.717) is 5.92 Å². The highest BCUT2D eigenvalue weighted by molar-refractivity contribution is 14.2. The molecule has 54 valence electrons. The Morgan fingerprint density at radius 1 is 1.67 bits per heavy atom. The van der Waals surface area contributed by atoms with Gasteiger partial charge in [-0.2, -0.15) is 0 Å². The van der Waals surface area contributed by atoms with E-state index >= 15 is 0 Å². The van der Waals surface area contributed by atoms with Crippen LogP contribution in [-0.4, -0.2) is 10.6 Å². The summed E-state index contributed by atoms with van der Waals surface area (Å²) in [5, 5.41) is 0. The molecule has 0 aromatic heterocycles. The van der Waals surface area contributed by atoms with Gasteiger partial charge in [0, 0.05) is 0 Å². The minimum absolute atomic E-state index is 0.193. The second-order valence-electron chi connectivity index (χ2n) is 1.92. The Bertz CT molecular complexity index is 107. The van der Waals surface area contributed by atoms with E-state index in [2.05, 4.69) is 28.0 Å². The fraction of sp³-hybridized carbons (Fsp3) is 0.571. The first kappa shape index (κ1) is 9.30. The molecule has 0 unspecified atom stereocenters. The Labute approximate surface area is 67.1 Å². The van der Waals surface area contributed by atoms with Crippen molar-refractivity contribution in [3.63, 3.8) is 0 Å². The third kappa shape index (κ3) is 6.18. The van der Waals surface area contributed by atoms with Crippen molar-refractivity contribution in [3.8, 4) is 0 Å². The summed E-state index contributed by atoms with van der Waals surface area (Å²) in [4.78, 5) is 0. The number of allylic oxidation sites excluding steroid dienone is 1. The maximum absolute atomic E-state index is 5.42. The summed E-state index contributed by atoms with van der Waals surface area (Å²) in [6.07, 6.45) is 2.10. The molecule has 1 nitrogen and oxygen atoms in total. The lowest BCUT2D eigenvalue weighted by atomic mass is 10.2. The number of hydrogen-bond acceptors (Lipinski definition) is 1. The van der Waals surface area contributed by atoms with Crippen LogP contribution in [0.15, 0.2) is 10.2 Å². The molecule has 0 spiro atoms. The van der Waals surface area contributed by atoms with Crippen molar-refractivity contribution in [2.45, 2.75) is 13.8 Å². The molecule has 0 heterocycles. The largest absolute Gasteiger partial charge is 0.330 e. The van der Waals surface area contributed by atoms with Crippen LogP contribution < -0.4 is 5.73 Å². The summed E-state index contributed by atoms with van der Waals surface area (Å²) in [6.45, 7) is 5.00. The Hall–Kier alpha value is 0.300. The Balaban J connectivity index is 3.43. The predicted molar refractivity (Wildman–Crippen MR) is 53.1 cm³/mol. The molecule has 0 saturated heterocycles. The fourth-order valence-corrected chi connectivity index (χ4v) is 1.95. The van der Waals surface area contributed by atoms with Gasteiger partial charge in [0.25, 0.3) is 0 Å². The minimum atomic E-state index is 0.193. The minimum Gasteiger partial charge on any atom is -0.330 e. The molecule has 0 saturated carbocycles. The van der Waals surface area contributed by atoms with Crippen LogP contribution >= 0.6 is 20.7 Å². The van der Waals surface area contributed by atoms with Gasteiger partial charge in [-0.15, -0.1) is 0 Å². The van der Waals surface area contributed by atoms with Crippen molar-refractivity contribution in [3.05, 3.63) is 10.2 Å². The summed E-state index contributed by atoms with van der Waals surface area (Å²) < 4.78 is 4.57. The van der Waals surface area contributed by atoms with Crippen LogP contribution in [0.4, 0.5) is 0 Å². The van der Waals surface area contributed by atoms with E-state index in [9.17, 15) is 0 Å². The highest BCUT2D eigenvalue weighted by Crippen LogP contribution is 2.00. The summed E-state index contributed by atoms with van der Waals surface area (Å²) in [6, 6.07) is 0. The summed E-state index contributed by atoms with van der Waals surface area (Å²) >= 11 is 0.193. The van der Waals surface area contributed by atoms with Crippen molar-refractivity contribution in [1.82, 2.24) is 0 Å². The van der Waals surface area contributed by atoms with E-state index in [1.165, 1.54) is 0 Å². The first-order chi connectivity index (χ1) is 4.31. The second kappa shape index (κ2) is 6.42. The normalized spacial score (nSPS) is 16.3. The summed E-state index contributed by atoms with van der Waals surface area (Å²) in [5.74, 6) is 0.606. The maximum Gasteiger partial charge on any atom is -0.00124 e. The molecule has 0 amide bonds. The molecule has 2 heteroatoms. The zero-order valence-electron chi connectivity index (χ0n) is 5.97. The van der Waals surface area contributed by atoms with Gasteiger partial charge in [0.15, 0.2) is 0 Å². The van der Waals surface area contributed by atoms with Gasteiger partial charge in [-0.05, 0) is 27.5 Å². The maximum atomic E-state index is 5.42. The molecule has 9 heavy (non-hydrogen) atoms. The van der Waals surface area contributed by atoms with Crippen molar-refractivity contribution in [1.29, 1.82) is 0 Å². The van der Waals surface area contributed by atoms with E-state index in [0.717, 1.165) is 6.54 Å². The molecule has 0 aromatic rings. The van der Waals surface area contributed by atoms with Crippen LogP contribution in [0.2, 0.25) is 0 Å². The zero-order valence-corrected chi connectivity index (χ0v) is 8.13. The van der Waals surface area contributed by atoms with Crippen molar-refractivity contribution in [2.24, 2.45) is 11.7 Å². The van der Waals surface area contributed by atoms with Crippen LogP contribution in [0.3, 0.4) is 0 Å². The highest BCUT2D eigenvalue weighted by atomic mass is 127. The Morgan fingerprint density at radius 3 is 2.78 bits per heavy atom. The molecular formula is C7H14IN. The van der Waals surface area contributed by atoms with Crippen LogP contribution in [0.5, 0.6) is 0 Å². The van der Waals surface area contributed by atoms with Crippen molar-refractivity contribution in [2.75, 3.05) is 6.54 Å². The van der Waals surface area contributed by atoms with Gasteiger partial charge in [0.2, 0.25) is 0 Å². The van der Waals surface area contributed by atoms with Gasteiger partial charge in [0.1, 0.15) is 0 Å². The lowest BCUT2D eigenvalue weighted by molar-refractivity contribution is 0.808. The quantitative estimate of drug-likeness (QED) is 0.748. The van der Waals surface area contributed by atoms with Gasteiger partial charge in [-0.1, -0.05) is 33.7 Å². The molecule has 0 radical (unpaired) electrons. The molecule has 0 fully saturated rings. The SMILES string of the molecule is C/C=C\I=C[C@H](C)CN. The van der Waals surface area contributed by atoms with E-state index < -0.39 is 0 Å². The lowest BCUT2D eigenvalue weighted by Gasteiger charge is -1.95. The van der Waals surface area contributed by atoms with E-state index in [1.807, 2.05) is 0 Å². The van der Waals surface area contributed by atoms with E-state index in [-0.39, 0.29) is 20.7 Å². The molecular weight excluding hydrogens is 225 g/mol. The summed E-state index contributed by atoms with van der Waals surface area (Å²) in [7, 11) is 0. The highest BCUT2D eigenvalue weighted by Gasteiger charge is 1.87. The molecule has 0 aromatic carbocycles. The van der Waals surface area contributed by atoms with E-state index in [4.69, 9.17) is 5.73 Å². The fourth-order valence-electron chi connectivity index (χ4n) is 0.290. The molecule has 0 aliphatic rings. The average molecular weight is 239 g/mol. The molecule has 1 atom stereocenters. The van der Waals surface area contributed by atoms with Gasteiger partial charge in [0.05, 0.1) is 0 Å². The van der Waals surface area contributed by atoms with Gasteiger partial charge in [-0.3, -0.25) is 0 Å². The van der Waals surface area contributed by atoms with Gasteiger partial charge < -0.3 is 5.73 Å². The smallest absolute Gasteiger partial charge is 0.00124 e.